The highest BCUT2D eigenvalue weighted by atomic mass is 16.5. The number of aromatic nitrogens is 1. The van der Waals surface area contributed by atoms with Crippen LogP contribution in [-0.4, -0.2) is 56.3 Å². The SMILES string of the molecule is CCNc1cccnc1N1CCN(CCCc2cc(C)c(OC)c(C)c2)CC1. The van der Waals surface area contributed by atoms with Crippen molar-refractivity contribution in [2.24, 2.45) is 0 Å². The third kappa shape index (κ3) is 4.96. The van der Waals surface area contributed by atoms with E-state index in [0.29, 0.717) is 0 Å². The van der Waals surface area contributed by atoms with Crippen molar-refractivity contribution in [3.63, 3.8) is 0 Å². The number of rotatable bonds is 8. The number of nitrogens with zero attached hydrogens (tertiary/aromatic N) is 3. The molecule has 1 N–H and O–H groups in total. The van der Waals surface area contributed by atoms with Gasteiger partial charge in [0.25, 0.3) is 0 Å². The normalized spacial score (nSPS) is 14.9. The first kappa shape index (κ1) is 20.5. The molecule has 2 aromatic rings. The number of pyridine rings is 1. The van der Waals surface area contributed by atoms with Crippen LogP contribution in [0, 0.1) is 13.8 Å². The van der Waals surface area contributed by atoms with Crippen LogP contribution in [0.1, 0.15) is 30.0 Å². The minimum absolute atomic E-state index is 0.920. The average Bonchev–Trinajstić information content (AvgIpc) is 2.69. The summed E-state index contributed by atoms with van der Waals surface area (Å²) >= 11 is 0. The Morgan fingerprint density at radius 3 is 2.46 bits per heavy atom. The molecule has 0 unspecified atom stereocenters. The topological polar surface area (TPSA) is 40.6 Å². The van der Waals surface area contributed by atoms with Crippen molar-refractivity contribution in [3.8, 4) is 5.75 Å². The summed E-state index contributed by atoms with van der Waals surface area (Å²) < 4.78 is 5.48. The molecular weight excluding hydrogens is 348 g/mol. The zero-order valence-electron chi connectivity index (χ0n) is 17.8. The van der Waals surface area contributed by atoms with Gasteiger partial charge < -0.3 is 15.0 Å². The minimum Gasteiger partial charge on any atom is -0.496 e. The number of piperazine rings is 1. The molecular formula is C23H34N4O. The number of anilines is 2. The van der Waals surface area contributed by atoms with Gasteiger partial charge in [0.2, 0.25) is 0 Å². The molecule has 1 aromatic heterocycles. The lowest BCUT2D eigenvalue weighted by molar-refractivity contribution is 0.254. The molecule has 3 rings (SSSR count). The Labute approximate surface area is 169 Å². The van der Waals surface area contributed by atoms with E-state index in [4.69, 9.17) is 4.74 Å². The first-order chi connectivity index (χ1) is 13.6. The third-order valence-electron chi connectivity index (χ3n) is 5.49. The van der Waals surface area contributed by atoms with Crippen molar-refractivity contribution in [2.75, 3.05) is 56.6 Å². The monoisotopic (exact) mass is 382 g/mol. The summed E-state index contributed by atoms with van der Waals surface area (Å²) in [6.07, 6.45) is 4.20. The Hall–Kier alpha value is -2.27. The Balaban J connectivity index is 1.48. The van der Waals surface area contributed by atoms with Crippen LogP contribution in [0.25, 0.3) is 0 Å². The second-order valence-electron chi connectivity index (χ2n) is 7.60. The second-order valence-corrected chi connectivity index (χ2v) is 7.60. The van der Waals surface area contributed by atoms with E-state index in [2.05, 4.69) is 59.1 Å². The molecule has 1 aromatic carbocycles. The van der Waals surface area contributed by atoms with Crippen LogP contribution in [0.4, 0.5) is 11.5 Å². The quantitative estimate of drug-likeness (QED) is 0.750. The summed E-state index contributed by atoms with van der Waals surface area (Å²) in [5.41, 5.74) is 5.03. The van der Waals surface area contributed by atoms with Gasteiger partial charge in [-0.25, -0.2) is 4.98 Å². The molecule has 1 fully saturated rings. The first-order valence-electron chi connectivity index (χ1n) is 10.4. The van der Waals surface area contributed by atoms with Gasteiger partial charge in [-0.15, -0.1) is 0 Å². The average molecular weight is 383 g/mol. The van der Waals surface area contributed by atoms with Gasteiger partial charge in [-0.3, -0.25) is 4.90 Å². The van der Waals surface area contributed by atoms with Gasteiger partial charge in [-0.2, -0.15) is 0 Å². The molecule has 2 heterocycles. The number of nitrogens with one attached hydrogen (secondary N) is 1. The minimum atomic E-state index is 0.920. The highest BCUT2D eigenvalue weighted by molar-refractivity contribution is 5.65. The largest absolute Gasteiger partial charge is 0.496 e. The van der Waals surface area contributed by atoms with Crippen LogP contribution in [0.5, 0.6) is 5.75 Å². The van der Waals surface area contributed by atoms with Crippen molar-refractivity contribution in [3.05, 3.63) is 47.2 Å². The molecule has 1 aliphatic heterocycles. The lowest BCUT2D eigenvalue weighted by Crippen LogP contribution is -2.47. The van der Waals surface area contributed by atoms with Crippen LogP contribution in [-0.2, 0) is 6.42 Å². The van der Waals surface area contributed by atoms with E-state index in [-0.39, 0.29) is 0 Å². The summed E-state index contributed by atoms with van der Waals surface area (Å²) in [4.78, 5) is 9.60. The third-order valence-corrected chi connectivity index (χ3v) is 5.49. The lowest BCUT2D eigenvalue weighted by atomic mass is 10.0. The second kappa shape index (κ2) is 9.78. The predicted molar refractivity (Wildman–Crippen MR) is 118 cm³/mol. The first-order valence-corrected chi connectivity index (χ1v) is 10.4. The molecule has 0 bridgehead atoms. The van der Waals surface area contributed by atoms with Gasteiger partial charge in [0.05, 0.1) is 12.8 Å². The Kier molecular flexibility index (Phi) is 7.15. The molecule has 0 atom stereocenters. The fourth-order valence-corrected chi connectivity index (χ4v) is 4.17. The smallest absolute Gasteiger partial charge is 0.152 e. The maximum absolute atomic E-state index is 5.48. The van der Waals surface area contributed by atoms with Crippen LogP contribution in [0.3, 0.4) is 0 Å². The van der Waals surface area contributed by atoms with Crippen molar-refractivity contribution in [1.82, 2.24) is 9.88 Å². The molecule has 5 nitrogen and oxygen atoms in total. The molecule has 0 saturated carbocycles. The van der Waals surface area contributed by atoms with Gasteiger partial charge in [0.15, 0.2) is 5.82 Å². The summed E-state index contributed by atoms with van der Waals surface area (Å²) in [6.45, 7) is 12.7. The molecule has 0 amide bonds. The van der Waals surface area contributed by atoms with E-state index >= 15 is 0 Å². The maximum atomic E-state index is 5.48. The molecule has 0 aliphatic carbocycles. The number of aryl methyl sites for hydroxylation is 3. The molecule has 152 valence electrons. The molecule has 0 radical (unpaired) electrons. The number of methoxy groups -OCH3 is 1. The predicted octanol–water partition coefficient (Wildman–Crippen LogP) is 3.89. The van der Waals surface area contributed by atoms with Crippen molar-refractivity contribution < 1.29 is 4.74 Å². The summed E-state index contributed by atoms with van der Waals surface area (Å²) in [6, 6.07) is 8.66. The molecule has 1 saturated heterocycles. The fraction of sp³-hybridized carbons (Fsp3) is 0.522. The van der Waals surface area contributed by atoms with Crippen LogP contribution >= 0.6 is 0 Å². The van der Waals surface area contributed by atoms with Crippen molar-refractivity contribution in [1.29, 1.82) is 0 Å². The van der Waals surface area contributed by atoms with Gasteiger partial charge in [0.1, 0.15) is 5.75 Å². The van der Waals surface area contributed by atoms with E-state index in [9.17, 15) is 0 Å². The maximum Gasteiger partial charge on any atom is 0.152 e. The molecule has 5 heteroatoms. The molecule has 0 spiro atoms. The van der Waals surface area contributed by atoms with Gasteiger partial charge in [-0.1, -0.05) is 12.1 Å². The number of benzene rings is 1. The summed E-state index contributed by atoms with van der Waals surface area (Å²) in [5.74, 6) is 2.11. The molecule has 28 heavy (non-hydrogen) atoms. The Morgan fingerprint density at radius 2 is 1.82 bits per heavy atom. The highest BCUT2D eigenvalue weighted by Crippen LogP contribution is 2.25. The van der Waals surface area contributed by atoms with Gasteiger partial charge >= 0.3 is 0 Å². The van der Waals surface area contributed by atoms with Crippen molar-refractivity contribution in [2.45, 2.75) is 33.6 Å². The van der Waals surface area contributed by atoms with Gasteiger partial charge in [0, 0.05) is 38.9 Å². The summed E-state index contributed by atoms with van der Waals surface area (Å²) in [7, 11) is 1.75. The zero-order chi connectivity index (χ0) is 19.9. The standard InChI is InChI=1S/C23H34N4O/c1-5-24-21-9-6-10-25-23(21)27-14-12-26(13-15-27)11-7-8-20-16-18(2)22(28-4)19(3)17-20/h6,9-10,16-17,24H,5,7-8,11-15H2,1-4H3. The van der Waals surface area contributed by atoms with Crippen molar-refractivity contribution >= 4 is 11.5 Å². The number of ether oxygens (including phenoxy) is 1. The van der Waals surface area contributed by atoms with Crippen LogP contribution in [0.2, 0.25) is 0 Å². The Bertz CT molecular complexity index is 746. The Morgan fingerprint density at radius 1 is 1.11 bits per heavy atom. The fourth-order valence-electron chi connectivity index (χ4n) is 4.17. The van der Waals surface area contributed by atoms with E-state index in [1.807, 2.05) is 12.3 Å². The van der Waals surface area contributed by atoms with E-state index in [1.54, 1.807) is 7.11 Å². The van der Waals surface area contributed by atoms with E-state index in [1.165, 1.54) is 23.1 Å². The van der Waals surface area contributed by atoms with E-state index in [0.717, 1.165) is 62.9 Å². The number of hydrogen-bond acceptors (Lipinski definition) is 5. The zero-order valence-corrected chi connectivity index (χ0v) is 17.8. The van der Waals surface area contributed by atoms with Crippen LogP contribution in [0.15, 0.2) is 30.5 Å². The van der Waals surface area contributed by atoms with Crippen LogP contribution < -0.4 is 15.0 Å². The van der Waals surface area contributed by atoms with Gasteiger partial charge in [-0.05, 0) is 69.0 Å². The summed E-state index contributed by atoms with van der Waals surface area (Å²) in [5, 5.41) is 3.43. The highest BCUT2D eigenvalue weighted by Gasteiger charge is 2.19. The molecule has 1 aliphatic rings. The lowest BCUT2D eigenvalue weighted by Gasteiger charge is -2.36. The van der Waals surface area contributed by atoms with E-state index < -0.39 is 0 Å². The number of hydrogen-bond donors (Lipinski definition) is 1.